The zero-order chi connectivity index (χ0) is 23.8. The van der Waals surface area contributed by atoms with E-state index in [-0.39, 0.29) is 22.9 Å². The first-order valence-corrected chi connectivity index (χ1v) is 12.1. The monoisotopic (exact) mass is 463 g/mol. The molecule has 0 saturated carbocycles. The van der Waals surface area contributed by atoms with Crippen LogP contribution in [-0.2, 0) is 10.0 Å². The Labute approximate surface area is 192 Å². The number of pyridine rings is 1. The molecule has 0 radical (unpaired) electrons. The highest BCUT2D eigenvalue weighted by molar-refractivity contribution is 7.89. The van der Waals surface area contributed by atoms with E-state index in [2.05, 4.69) is 10.4 Å². The van der Waals surface area contributed by atoms with Gasteiger partial charge in [-0.1, -0.05) is 42.5 Å². The van der Waals surface area contributed by atoms with Gasteiger partial charge in [0.25, 0.3) is 5.91 Å². The number of rotatable bonds is 6. The molecule has 9 heteroatoms. The molecule has 1 atom stereocenters. The Morgan fingerprint density at radius 3 is 2.30 bits per heavy atom. The van der Waals surface area contributed by atoms with Gasteiger partial charge in [0.15, 0.2) is 5.65 Å². The summed E-state index contributed by atoms with van der Waals surface area (Å²) in [6.07, 6.45) is 1.66. The zero-order valence-corrected chi connectivity index (χ0v) is 19.4. The van der Waals surface area contributed by atoms with E-state index >= 15 is 0 Å². The summed E-state index contributed by atoms with van der Waals surface area (Å²) in [5.74, 6) is -0.272. The molecule has 0 aliphatic heterocycles. The molecule has 2 aromatic heterocycles. The highest BCUT2D eigenvalue weighted by Crippen LogP contribution is 2.27. The van der Waals surface area contributed by atoms with Crippen molar-refractivity contribution < 1.29 is 13.2 Å². The Hall–Kier alpha value is -3.56. The molecule has 1 amide bonds. The molecule has 2 heterocycles. The van der Waals surface area contributed by atoms with Gasteiger partial charge in [0, 0.05) is 11.6 Å². The smallest absolute Gasteiger partial charge is 0.252 e. The molecule has 1 unspecified atom stereocenters. The van der Waals surface area contributed by atoms with Crippen molar-refractivity contribution in [2.75, 3.05) is 0 Å². The van der Waals surface area contributed by atoms with Gasteiger partial charge in [0.05, 0.1) is 33.8 Å². The van der Waals surface area contributed by atoms with Crippen molar-refractivity contribution in [2.24, 2.45) is 5.14 Å². The summed E-state index contributed by atoms with van der Waals surface area (Å²) in [6, 6.07) is 17.3. The fourth-order valence-electron chi connectivity index (χ4n) is 3.64. The quantitative estimate of drug-likeness (QED) is 0.450. The minimum absolute atomic E-state index is 0.0224. The molecule has 0 saturated heterocycles. The van der Waals surface area contributed by atoms with Crippen LogP contribution in [0.3, 0.4) is 0 Å². The Bertz CT molecular complexity index is 1410. The van der Waals surface area contributed by atoms with Gasteiger partial charge in [-0.05, 0) is 44.5 Å². The molecule has 8 nitrogen and oxygen atoms in total. The van der Waals surface area contributed by atoms with Gasteiger partial charge in [-0.25, -0.2) is 23.2 Å². The summed E-state index contributed by atoms with van der Waals surface area (Å²) in [4.78, 5) is 18.2. The van der Waals surface area contributed by atoms with Gasteiger partial charge in [-0.2, -0.15) is 5.10 Å². The minimum Gasteiger partial charge on any atom is -0.345 e. The number of benzene rings is 2. The molecule has 170 valence electrons. The lowest BCUT2D eigenvalue weighted by Gasteiger charge is -2.16. The van der Waals surface area contributed by atoms with Crippen LogP contribution in [0.4, 0.5) is 0 Å². The van der Waals surface area contributed by atoms with Gasteiger partial charge in [-0.15, -0.1) is 0 Å². The van der Waals surface area contributed by atoms with Crippen molar-refractivity contribution in [2.45, 2.75) is 37.8 Å². The predicted molar refractivity (Wildman–Crippen MR) is 127 cm³/mol. The van der Waals surface area contributed by atoms with Crippen LogP contribution in [0.15, 0.2) is 71.8 Å². The molecular weight excluding hydrogens is 438 g/mol. The number of hydrogen-bond donors (Lipinski definition) is 2. The van der Waals surface area contributed by atoms with E-state index in [1.807, 2.05) is 51.1 Å². The van der Waals surface area contributed by atoms with Crippen LogP contribution in [0, 0.1) is 0 Å². The molecule has 33 heavy (non-hydrogen) atoms. The third kappa shape index (κ3) is 4.64. The largest absolute Gasteiger partial charge is 0.345 e. The summed E-state index contributed by atoms with van der Waals surface area (Å²) >= 11 is 0. The van der Waals surface area contributed by atoms with E-state index in [4.69, 9.17) is 10.1 Å². The van der Waals surface area contributed by atoms with E-state index in [1.54, 1.807) is 29.1 Å². The lowest BCUT2D eigenvalue weighted by Crippen LogP contribution is -2.27. The number of nitrogens with zero attached hydrogens (tertiary/aromatic N) is 3. The second-order valence-electron chi connectivity index (χ2n) is 8.15. The number of primary sulfonamides is 1. The maximum Gasteiger partial charge on any atom is 0.252 e. The van der Waals surface area contributed by atoms with Crippen LogP contribution in [0.25, 0.3) is 22.3 Å². The highest BCUT2D eigenvalue weighted by Gasteiger charge is 2.20. The standard InChI is InChI=1S/C24H25N5O3S/c1-15(2)29-23-21(14-26-29)20(13-22(28-23)18-7-5-4-6-8-18)24(30)27-16(3)17-9-11-19(12-10-17)33(25,31)32/h4-16H,1-3H3,(H,27,30)(H2,25,31,32). The van der Waals surface area contributed by atoms with E-state index in [9.17, 15) is 13.2 Å². The van der Waals surface area contributed by atoms with E-state index in [1.165, 1.54) is 12.1 Å². The van der Waals surface area contributed by atoms with E-state index < -0.39 is 10.0 Å². The molecular formula is C24H25N5O3S. The Kier molecular flexibility index (Phi) is 6.01. The van der Waals surface area contributed by atoms with Crippen LogP contribution in [0.2, 0.25) is 0 Å². The average molecular weight is 464 g/mol. The molecule has 2 aromatic carbocycles. The van der Waals surface area contributed by atoms with Crippen molar-refractivity contribution in [3.8, 4) is 11.3 Å². The number of nitrogens with two attached hydrogens (primary N) is 1. The Balaban J connectivity index is 1.71. The summed E-state index contributed by atoms with van der Waals surface area (Å²) in [6.45, 7) is 5.85. The number of carbonyl (C=O) groups is 1. The van der Waals surface area contributed by atoms with Crippen LogP contribution in [-0.4, -0.2) is 29.1 Å². The van der Waals surface area contributed by atoms with Crippen molar-refractivity contribution >= 4 is 27.0 Å². The maximum atomic E-state index is 13.3. The van der Waals surface area contributed by atoms with Crippen LogP contribution in [0.5, 0.6) is 0 Å². The van der Waals surface area contributed by atoms with Crippen molar-refractivity contribution in [1.29, 1.82) is 0 Å². The number of amides is 1. The van der Waals surface area contributed by atoms with Gasteiger partial charge in [0.1, 0.15) is 0 Å². The van der Waals surface area contributed by atoms with E-state index in [0.717, 1.165) is 11.1 Å². The first kappa shape index (κ1) is 22.6. The number of nitrogens with one attached hydrogen (secondary N) is 1. The summed E-state index contributed by atoms with van der Waals surface area (Å²) < 4.78 is 24.8. The number of aromatic nitrogens is 3. The SMILES string of the molecule is CC(NC(=O)c1cc(-c2ccccc2)nc2c1cnn2C(C)C)c1ccc(S(N)(=O)=O)cc1. The first-order valence-electron chi connectivity index (χ1n) is 10.5. The summed E-state index contributed by atoms with van der Waals surface area (Å²) in [7, 11) is -3.78. The predicted octanol–water partition coefficient (Wildman–Crippen LogP) is 3.82. The Morgan fingerprint density at radius 1 is 1.03 bits per heavy atom. The summed E-state index contributed by atoms with van der Waals surface area (Å²) in [5, 5.41) is 13.3. The van der Waals surface area contributed by atoms with Gasteiger partial charge in [-0.3, -0.25) is 4.79 Å². The van der Waals surface area contributed by atoms with Crippen molar-refractivity contribution in [3.05, 3.63) is 78.0 Å². The van der Waals surface area contributed by atoms with E-state index in [0.29, 0.717) is 22.3 Å². The third-order valence-corrected chi connectivity index (χ3v) is 6.36. The van der Waals surface area contributed by atoms with Crippen molar-refractivity contribution in [3.63, 3.8) is 0 Å². The minimum atomic E-state index is -3.78. The lowest BCUT2D eigenvalue weighted by molar-refractivity contribution is 0.0941. The number of sulfonamides is 1. The highest BCUT2D eigenvalue weighted by atomic mass is 32.2. The lowest BCUT2D eigenvalue weighted by atomic mass is 10.0. The number of hydrogen-bond acceptors (Lipinski definition) is 5. The average Bonchev–Trinajstić information content (AvgIpc) is 3.23. The molecule has 0 bridgehead atoms. The molecule has 0 spiro atoms. The van der Waals surface area contributed by atoms with Crippen LogP contribution < -0.4 is 10.5 Å². The van der Waals surface area contributed by atoms with Crippen molar-refractivity contribution in [1.82, 2.24) is 20.1 Å². The normalized spacial score (nSPS) is 12.8. The Morgan fingerprint density at radius 2 is 1.70 bits per heavy atom. The molecule has 0 fully saturated rings. The van der Waals surface area contributed by atoms with Gasteiger partial charge >= 0.3 is 0 Å². The van der Waals surface area contributed by atoms with Crippen LogP contribution >= 0.6 is 0 Å². The number of fused-ring (bicyclic) bond motifs is 1. The number of carbonyl (C=O) groups excluding carboxylic acids is 1. The fraction of sp³-hybridized carbons (Fsp3) is 0.208. The van der Waals surface area contributed by atoms with Crippen LogP contribution in [0.1, 0.15) is 48.8 Å². The molecule has 0 aliphatic rings. The third-order valence-electron chi connectivity index (χ3n) is 5.43. The second-order valence-corrected chi connectivity index (χ2v) is 9.71. The maximum absolute atomic E-state index is 13.3. The van der Waals surface area contributed by atoms with Gasteiger partial charge in [0.2, 0.25) is 10.0 Å². The molecule has 0 aliphatic carbocycles. The molecule has 4 aromatic rings. The molecule has 4 rings (SSSR count). The fourth-order valence-corrected chi connectivity index (χ4v) is 4.16. The topological polar surface area (TPSA) is 120 Å². The summed E-state index contributed by atoms with van der Waals surface area (Å²) in [5.41, 5.74) is 3.44. The molecule has 3 N–H and O–H groups in total. The first-order chi connectivity index (χ1) is 15.6. The second kappa shape index (κ2) is 8.76. The zero-order valence-electron chi connectivity index (χ0n) is 18.6. The van der Waals surface area contributed by atoms with Gasteiger partial charge < -0.3 is 5.32 Å².